The summed E-state index contributed by atoms with van der Waals surface area (Å²) >= 11 is 0. The van der Waals surface area contributed by atoms with Gasteiger partial charge in [0.1, 0.15) is 6.04 Å². The van der Waals surface area contributed by atoms with Gasteiger partial charge in [-0.15, -0.1) is 0 Å². The standard InChI is InChI=1S/C14H27NO2/c1-3-5-10-13(14(16)17)15-11-7-6-9-12(15)8-4-2/h12-13H,3-11H2,1-2H3,(H,16,17). The van der Waals surface area contributed by atoms with Gasteiger partial charge in [-0.05, 0) is 32.2 Å². The summed E-state index contributed by atoms with van der Waals surface area (Å²) in [5.74, 6) is -0.624. The molecule has 1 rings (SSSR count). The zero-order valence-electron chi connectivity index (χ0n) is 11.3. The maximum atomic E-state index is 11.4. The minimum Gasteiger partial charge on any atom is -0.480 e. The maximum absolute atomic E-state index is 11.4. The molecule has 0 spiro atoms. The highest BCUT2D eigenvalue weighted by molar-refractivity contribution is 5.73. The average molecular weight is 241 g/mol. The second-order valence-electron chi connectivity index (χ2n) is 5.17. The number of aliphatic carboxylic acids is 1. The molecule has 1 heterocycles. The Labute approximate surface area is 105 Å². The van der Waals surface area contributed by atoms with Gasteiger partial charge in [-0.25, -0.2) is 0 Å². The highest BCUT2D eigenvalue weighted by atomic mass is 16.4. The van der Waals surface area contributed by atoms with Gasteiger partial charge < -0.3 is 5.11 Å². The van der Waals surface area contributed by atoms with Crippen molar-refractivity contribution in [1.29, 1.82) is 0 Å². The summed E-state index contributed by atoms with van der Waals surface area (Å²) in [5.41, 5.74) is 0. The van der Waals surface area contributed by atoms with Crippen LogP contribution in [-0.2, 0) is 4.79 Å². The summed E-state index contributed by atoms with van der Waals surface area (Å²) < 4.78 is 0. The summed E-state index contributed by atoms with van der Waals surface area (Å²) in [5, 5.41) is 9.40. The van der Waals surface area contributed by atoms with Gasteiger partial charge in [0.25, 0.3) is 0 Å². The minimum atomic E-state index is -0.624. The van der Waals surface area contributed by atoms with Gasteiger partial charge in [-0.2, -0.15) is 0 Å². The van der Waals surface area contributed by atoms with Crippen molar-refractivity contribution in [1.82, 2.24) is 4.90 Å². The molecule has 1 aliphatic rings. The largest absolute Gasteiger partial charge is 0.480 e. The monoisotopic (exact) mass is 241 g/mol. The number of carboxylic acid groups (broad SMARTS) is 1. The van der Waals surface area contributed by atoms with E-state index in [1.807, 2.05) is 0 Å². The molecule has 17 heavy (non-hydrogen) atoms. The molecule has 100 valence electrons. The molecule has 0 bridgehead atoms. The van der Waals surface area contributed by atoms with Crippen LogP contribution < -0.4 is 0 Å². The molecule has 0 aromatic heterocycles. The lowest BCUT2D eigenvalue weighted by atomic mass is 9.94. The normalized spacial score (nSPS) is 23.5. The summed E-state index contributed by atoms with van der Waals surface area (Å²) in [6, 6.07) is 0.263. The molecular weight excluding hydrogens is 214 g/mol. The number of piperidine rings is 1. The van der Waals surface area contributed by atoms with Gasteiger partial charge in [-0.3, -0.25) is 9.69 Å². The van der Waals surface area contributed by atoms with Crippen LogP contribution in [0.1, 0.15) is 65.2 Å². The first-order valence-electron chi connectivity index (χ1n) is 7.19. The first-order chi connectivity index (χ1) is 8.20. The first-order valence-corrected chi connectivity index (χ1v) is 7.19. The van der Waals surface area contributed by atoms with E-state index in [2.05, 4.69) is 18.7 Å². The van der Waals surface area contributed by atoms with Crippen LogP contribution in [0.3, 0.4) is 0 Å². The summed E-state index contributed by atoms with van der Waals surface area (Å²) in [4.78, 5) is 13.7. The van der Waals surface area contributed by atoms with E-state index in [9.17, 15) is 9.90 Å². The third-order valence-corrected chi connectivity index (χ3v) is 3.81. The molecule has 0 aromatic rings. The lowest BCUT2D eigenvalue weighted by molar-refractivity contribution is -0.145. The van der Waals surface area contributed by atoms with Crippen molar-refractivity contribution in [2.75, 3.05) is 6.54 Å². The predicted molar refractivity (Wildman–Crippen MR) is 70.2 cm³/mol. The zero-order valence-corrected chi connectivity index (χ0v) is 11.3. The van der Waals surface area contributed by atoms with Crippen molar-refractivity contribution in [3.63, 3.8) is 0 Å². The van der Waals surface area contributed by atoms with Gasteiger partial charge >= 0.3 is 5.97 Å². The molecule has 3 nitrogen and oxygen atoms in total. The Hall–Kier alpha value is -0.570. The molecule has 0 saturated carbocycles. The molecule has 1 N–H and O–H groups in total. The quantitative estimate of drug-likeness (QED) is 0.743. The Kier molecular flexibility index (Phi) is 6.56. The number of hydrogen-bond acceptors (Lipinski definition) is 2. The van der Waals surface area contributed by atoms with E-state index in [4.69, 9.17) is 0 Å². The topological polar surface area (TPSA) is 40.5 Å². The van der Waals surface area contributed by atoms with Crippen LogP contribution in [0.25, 0.3) is 0 Å². The van der Waals surface area contributed by atoms with Crippen LogP contribution in [-0.4, -0.2) is 34.6 Å². The highest BCUT2D eigenvalue weighted by Crippen LogP contribution is 2.25. The molecule has 0 radical (unpaired) electrons. The van der Waals surface area contributed by atoms with E-state index in [1.165, 1.54) is 12.8 Å². The fourth-order valence-electron chi connectivity index (χ4n) is 2.91. The highest BCUT2D eigenvalue weighted by Gasteiger charge is 2.31. The molecule has 0 amide bonds. The van der Waals surface area contributed by atoms with Crippen LogP contribution in [0, 0.1) is 0 Å². The number of hydrogen-bond donors (Lipinski definition) is 1. The molecular formula is C14H27NO2. The lowest BCUT2D eigenvalue weighted by Crippen LogP contribution is -2.49. The Balaban J connectivity index is 2.64. The van der Waals surface area contributed by atoms with Crippen molar-refractivity contribution in [2.24, 2.45) is 0 Å². The number of unbranched alkanes of at least 4 members (excludes halogenated alkanes) is 1. The Morgan fingerprint density at radius 3 is 2.71 bits per heavy atom. The Bertz CT molecular complexity index is 228. The van der Waals surface area contributed by atoms with Crippen molar-refractivity contribution in [3.8, 4) is 0 Å². The van der Waals surface area contributed by atoms with Crippen molar-refractivity contribution in [2.45, 2.75) is 77.3 Å². The van der Waals surface area contributed by atoms with Crippen LogP contribution in [0.15, 0.2) is 0 Å². The molecule has 0 aromatic carbocycles. The van der Waals surface area contributed by atoms with E-state index in [-0.39, 0.29) is 6.04 Å². The number of likely N-dealkylation sites (tertiary alicyclic amines) is 1. The molecule has 3 heteroatoms. The van der Waals surface area contributed by atoms with Gasteiger partial charge in [0.15, 0.2) is 0 Å². The predicted octanol–water partition coefficient (Wildman–Crippen LogP) is 3.28. The number of carbonyl (C=O) groups is 1. The van der Waals surface area contributed by atoms with E-state index < -0.39 is 5.97 Å². The molecule has 0 aliphatic carbocycles. The van der Waals surface area contributed by atoms with E-state index in [0.29, 0.717) is 6.04 Å². The van der Waals surface area contributed by atoms with Crippen molar-refractivity contribution in [3.05, 3.63) is 0 Å². The van der Waals surface area contributed by atoms with E-state index in [0.717, 1.165) is 45.1 Å². The third-order valence-electron chi connectivity index (χ3n) is 3.81. The number of carboxylic acids is 1. The Morgan fingerprint density at radius 2 is 2.12 bits per heavy atom. The second kappa shape index (κ2) is 7.70. The summed E-state index contributed by atoms with van der Waals surface area (Å²) in [6.45, 7) is 5.29. The average Bonchev–Trinajstić information content (AvgIpc) is 2.31. The summed E-state index contributed by atoms with van der Waals surface area (Å²) in [6.07, 6.45) is 8.83. The van der Waals surface area contributed by atoms with Gasteiger partial charge in [0.05, 0.1) is 0 Å². The Morgan fingerprint density at radius 1 is 1.35 bits per heavy atom. The van der Waals surface area contributed by atoms with Gasteiger partial charge in [-0.1, -0.05) is 39.5 Å². The van der Waals surface area contributed by atoms with E-state index >= 15 is 0 Å². The molecule has 2 unspecified atom stereocenters. The first kappa shape index (κ1) is 14.5. The van der Waals surface area contributed by atoms with Crippen LogP contribution in [0.5, 0.6) is 0 Å². The SMILES string of the molecule is CCCCC(C(=O)O)N1CCCCC1CCC. The van der Waals surface area contributed by atoms with Crippen LogP contribution in [0.4, 0.5) is 0 Å². The maximum Gasteiger partial charge on any atom is 0.320 e. The fourth-order valence-corrected chi connectivity index (χ4v) is 2.91. The zero-order chi connectivity index (χ0) is 12.7. The summed E-state index contributed by atoms with van der Waals surface area (Å²) in [7, 11) is 0. The molecule has 1 fully saturated rings. The minimum absolute atomic E-state index is 0.244. The van der Waals surface area contributed by atoms with Gasteiger partial charge in [0, 0.05) is 6.04 Å². The number of nitrogens with zero attached hydrogens (tertiary/aromatic N) is 1. The van der Waals surface area contributed by atoms with Crippen LogP contribution >= 0.6 is 0 Å². The second-order valence-corrected chi connectivity index (χ2v) is 5.17. The molecule has 1 aliphatic heterocycles. The van der Waals surface area contributed by atoms with Gasteiger partial charge in [0.2, 0.25) is 0 Å². The van der Waals surface area contributed by atoms with E-state index in [1.54, 1.807) is 0 Å². The fraction of sp³-hybridized carbons (Fsp3) is 0.929. The smallest absolute Gasteiger partial charge is 0.320 e. The van der Waals surface area contributed by atoms with Crippen LogP contribution in [0.2, 0.25) is 0 Å². The molecule has 2 atom stereocenters. The lowest BCUT2D eigenvalue weighted by Gasteiger charge is -2.39. The van der Waals surface area contributed by atoms with Crippen molar-refractivity contribution >= 4 is 5.97 Å². The third kappa shape index (κ3) is 4.30. The van der Waals surface area contributed by atoms with Crippen molar-refractivity contribution < 1.29 is 9.90 Å². The molecule has 1 saturated heterocycles. The number of rotatable bonds is 7.